The van der Waals surface area contributed by atoms with Crippen molar-refractivity contribution >= 4 is 11.8 Å². The van der Waals surface area contributed by atoms with Gasteiger partial charge in [-0.05, 0) is 26.7 Å². The summed E-state index contributed by atoms with van der Waals surface area (Å²) in [6.45, 7) is 4.63. The third kappa shape index (κ3) is 2.23. The molecule has 1 atom stereocenters. The SMILES string of the molecule is Cc1[nH]ncc1CNC(=O)C1(C)CCCNC1=O. The Bertz CT molecular complexity index is 468. The first-order chi connectivity index (χ1) is 8.54. The molecule has 0 spiro atoms. The topological polar surface area (TPSA) is 86.9 Å². The molecule has 3 N–H and O–H groups in total. The maximum absolute atomic E-state index is 12.1. The summed E-state index contributed by atoms with van der Waals surface area (Å²) in [5.74, 6) is -0.407. The van der Waals surface area contributed by atoms with Crippen molar-refractivity contribution in [3.05, 3.63) is 17.5 Å². The minimum absolute atomic E-state index is 0.185. The molecule has 0 radical (unpaired) electrons. The van der Waals surface area contributed by atoms with E-state index in [1.165, 1.54) is 0 Å². The summed E-state index contributed by atoms with van der Waals surface area (Å²) in [7, 11) is 0. The average Bonchev–Trinajstić information content (AvgIpc) is 2.76. The fourth-order valence-corrected chi connectivity index (χ4v) is 2.09. The fourth-order valence-electron chi connectivity index (χ4n) is 2.09. The molecule has 1 aliphatic heterocycles. The highest BCUT2D eigenvalue weighted by Crippen LogP contribution is 2.26. The molecule has 2 amide bonds. The van der Waals surface area contributed by atoms with E-state index in [0.717, 1.165) is 17.7 Å². The number of nitrogens with one attached hydrogen (secondary N) is 3. The minimum atomic E-state index is -0.949. The van der Waals surface area contributed by atoms with Gasteiger partial charge in [0.2, 0.25) is 11.8 Å². The third-order valence-electron chi connectivity index (χ3n) is 3.52. The Labute approximate surface area is 106 Å². The molecular weight excluding hydrogens is 232 g/mol. The van der Waals surface area contributed by atoms with Crippen molar-refractivity contribution in [2.24, 2.45) is 5.41 Å². The van der Waals surface area contributed by atoms with E-state index in [4.69, 9.17) is 0 Å². The highest BCUT2D eigenvalue weighted by Gasteiger charge is 2.42. The van der Waals surface area contributed by atoms with Crippen LogP contribution in [0.3, 0.4) is 0 Å². The Morgan fingerprint density at radius 2 is 2.39 bits per heavy atom. The number of hydrogen-bond donors (Lipinski definition) is 3. The lowest BCUT2D eigenvalue weighted by molar-refractivity contribution is -0.144. The average molecular weight is 250 g/mol. The molecule has 0 aromatic carbocycles. The van der Waals surface area contributed by atoms with Crippen LogP contribution in [0.2, 0.25) is 0 Å². The van der Waals surface area contributed by atoms with Gasteiger partial charge in [0.15, 0.2) is 0 Å². The quantitative estimate of drug-likeness (QED) is 0.672. The first-order valence-corrected chi connectivity index (χ1v) is 6.09. The van der Waals surface area contributed by atoms with Gasteiger partial charge in [-0.25, -0.2) is 0 Å². The fraction of sp³-hybridized carbons (Fsp3) is 0.583. The highest BCUT2D eigenvalue weighted by atomic mass is 16.2. The van der Waals surface area contributed by atoms with Crippen LogP contribution < -0.4 is 10.6 Å². The monoisotopic (exact) mass is 250 g/mol. The van der Waals surface area contributed by atoms with E-state index < -0.39 is 5.41 Å². The van der Waals surface area contributed by atoms with E-state index in [0.29, 0.717) is 19.5 Å². The van der Waals surface area contributed by atoms with Crippen molar-refractivity contribution < 1.29 is 9.59 Å². The number of amides is 2. The Morgan fingerprint density at radius 1 is 1.61 bits per heavy atom. The molecule has 1 aromatic heterocycles. The van der Waals surface area contributed by atoms with Gasteiger partial charge in [-0.3, -0.25) is 14.7 Å². The minimum Gasteiger partial charge on any atom is -0.355 e. The molecule has 6 heteroatoms. The van der Waals surface area contributed by atoms with Crippen molar-refractivity contribution in [3.8, 4) is 0 Å². The summed E-state index contributed by atoms with van der Waals surface area (Å²) in [5.41, 5.74) is 0.910. The predicted octanol–water partition coefficient (Wildman–Crippen LogP) is 0.251. The lowest BCUT2D eigenvalue weighted by atomic mass is 9.81. The Kier molecular flexibility index (Phi) is 3.36. The summed E-state index contributed by atoms with van der Waals surface area (Å²) in [6, 6.07) is 0. The van der Waals surface area contributed by atoms with Crippen LogP contribution in [0.15, 0.2) is 6.20 Å². The van der Waals surface area contributed by atoms with Gasteiger partial charge in [0.25, 0.3) is 0 Å². The van der Waals surface area contributed by atoms with Crippen molar-refractivity contribution in [2.75, 3.05) is 6.54 Å². The van der Waals surface area contributed by atoms with E-state index in [-0.39, 0.29) is 11.8 Å². The number of aromatic amines is 1. The Balaban J connectivity index is 1.99. The molecular formula is C12H18N4O2. The molecule has 1 aliphatic rings. The van der Waals surface area contributed by atoms with Crippen LogP contribution in [-0.2, 0) is 16.1 Å². The van der Waals surface area contributed by atoms with Crippen molar-refractivity contribution in [3.63, 3.8) is 0 Å². The number of nitrogens with zero attached hydrogens (tertiary/aromatic N) is 1. The molecule has 1 unspecified atom stereocenters. The van der Waals surface area contributed by atoms with Gasteiger partial charge in [-0.2, -0.15) is 5.10 Å². The van der Waals surface area contributed by atoms with Crippen molar-refractivity contribution in [1.82, 2.24) is 20.8 Å². The second-order valence-electron chi connectivity index (χ2n) is 4.89. The molecule has 1 aromatic rings. The summed E-state index contributed by atoms with van der Waals surface area (Å²) in [4.78, 5) is 23.9. The number of aromatic nitrogens is 2. The zero-order chi connectivity index (χ0) is 13.2. The molecule has 1 saturated heterocycles. The van der Waals surface area contributed by atoms with Gasteiger partial charge in [0.05, 0.1) is 6.20 Å². The molecule has 18 heavy (non-hydrogen) atoms. The third-order valence-corrected chi connectivity index (χ3v) is 3.52. The van der Waals surface area contributed by atoms with Gasteiger partial charge < -0.3 is 10.6 Å². The first kappa shape index (κ1) is 12.6. The second-order valence-corrected chi connectivity index (χ2v) is 4.89. The summed E-state index contributed by atoms with van der Waals surface area (Å²) in [5, 5.41) is 12.2. The van der Waals surface area contributed by atoms with E-state index in [2.05, 4.69) is 20.8 Å². The van der Waals surface area contributed by atoms with E-state index >= 15 is 0 Å². The normalized spacial score (nSPS) is 23.6. The maximum Gasteiger partial charge on any atom is 0.235 e. The van der Waals surface area contributed by atoms with E-state index in [9.17, 15) is 9.59 Å². The second kappa shape index (κ2) is 4.80. The van der Waals surface area contributed by atoms with Crippen LogP contribution in [0.25, 0.3) is 0 Å². The molecule has 0 saturated carbocycles. The van der Waals surface area contributed by atoms with Crippen LogP contribution in [0.1, 0.15) is 31.0 Å². The van der Waals surface area contributed by atoms with Gasteiger partial charge >= 0.3 is 0 Å². The van der Waals surface area contributed by atoms with Gasteiger partial charge in [0, 0.05) is 24.3 Å². The highest BCUT2D eigenvalue weighted by molar-refractivity contribution is 6.05. The molecule has 6 nitrogen and oxygen atoms in total. The number of rotatable bonds is 3. The molecule has 0 bridgehead atoms. The largest absolute Gasteiger partial charge is 0.355 e. The Hall–Kier alpha value is -1.85. The standard InChI is InChI=1S/C12H18N4O2/c1-8-9(7-15-16-8)6-14-11(18)12(2)4-3-5-13-10(12)17/h7H,3-6H2,1-2H3,(H,13,17)(H,14,18)(H,15,16). The van der Waals surface area contributed by atoms with Gasteiger partial charge in [0.1, 0.15) is 5.41 Å². The van der Waals surface area contributed by atoms with Crippen molar-refractivity contribution in [2.45, 2.75) is 33.2 Å². The van der Waals surface area contributed by atoms with Crippen LogP contribution in [0.4, 0.5) is 0 Å². The van der Waals surface area contributed by atoms with Gasteiger partial charge in [-0.1, -0.05) is 0 Å². The predicted molar refractivity (Wildman–Crippen MR) is 65.5 cm³/mol. The number of hydrogen-bond acceptors (Lipinski definition) is 3. The van der Waals surface area contributed by atoms with Crippen LogP contribution in [0.5, 0.6) is 0 Å². The molecule has 98 valence electrons. The maximum atomic E-state index is 12.1. The number of aryl methyl sites for hydroxylation is 1. The van der Waals surface area contributed by atoms with Crippen molar-refractivity contribution in [1.29, 1.82) is 0 Å². The Morgan fingerprint density at radius 3 is 3.00 bits per heavy atom. The van der Waals surface area contributed by atoms with E-state index in [1.807, 2.05) is 6.92 Å². The number of carbonyl (C=O) groups excluding carboxylic acids is 2. The number of piperidine rings is 1. The van der Waals surface area contributed by atoms with Gasteiger partial charge in [-0.15, -0.1) is 0 Å². The molecule has 2 rings (SSSR count). The van der Waals surface area contributed by atoms with E-state index in [1.54, 1.807) is 13.1 Å². The smallest absolute Gasteiger partial charge is 0.235 e. The number of H-pyrrole nitrogens is 1. The summed E-state index contributed by atoms with van der Waals surface area (Å²) < 4.78 is 0. The molecule has 2 heterocycles. The van der Waals surface area contributed by atoms with Crippen LogP contribution >= 0.6 is 0 Å². The lowest BCUT2D eigenvalue weighted by Gasteiger charge is -2.31. The lowest BCUT2D eigenvalue weighted by Crippen LogP contribution is -2.52. The first-order valence-electron chi connectivity index (χ1n) is 6.09. The molecule has 0 aliphatic carbocycles. The summed E-state index contributed by atoms with van der Waals surface area (Å²) in [6.07, 6.45) is 3.11. The molecule has 1 fully saturated rings. The number of carbonyl (C=O) groups is 2. The summed E-state index contributed by atoms with van der Waals surface area (Å²) >= 11 is 0. The zero-order valence-electron chi connectivity index (χ0n) is 10.7. The van der Waals surface area contributed by atoms with Crippen LogP contribution in [-0.4, -0.2) is 28.6 Å². The zero-order valence-corrected chi connectivity index (χ0v) is 10.7. The van der Waals surface area contributed by atoms with Crippen LogP contribution in [0, 0.1) is 12.3 Å².